The molecule has 4 nitrogen and oxygen atoms in total. The van der Waals surface area contributed by atoms with Gasteiger partial charge in [0.1, 0.15) is 17.5 Å². The molecule has 1 aromatic carbocycles. The average Bonchev–Trinajstić information content (AvgIpc) is 2.39. The number of ether oxygens (including phenoxy) is 2. The lowest BCUT2D eigenvalue weighted by Gasteiger charge is -2.08. The van der Waals surface area contributed by atoms with Crippen LogP contribution in [0.15, 0.2) is 24.3 Å². The second-order valence-corrected chi connectivity index (χ2v) is 4.99. The Labute approximate surface area is 131 Å². The monoisotopic (exact) mass is 332 g/mol. The van der Waals surface area contributed by atoms with Gasteiger partial charge in [-0.1, -0.05) is 34.8 Å². The lowest BCUT2D eigenvalue weighted by atomic mass is 10.3. The predicted molar refractivity (Wildman–Crippen MR) is 78.9 cm³/mol. The molecule has 0 N–H and O–H groups in total. The average molecular weight is 334 g/mol. The summed E-state index contributed by atoms with van der Waals surface area (Å²) < 4.78 is 10.8. The largest absolute Gasteiger partial charge is 0.437 e. The fourth-order valence-corrected chi connectivity index (χ4v) is 2.06. The number of nitrogens with zero attached hydrogens (tertiary/aromatic N) is 2. The summed E-state index contributed by atoms with van der Waals surface area (Å²) in [4.78, 5) is 8.24. The van der Waals surface area contributed by atoms with E-state index in [-0.39, 0.29) is 11.8 Å². The number of rotatable bonds is 5. The first-order valence-electron chi connectivity index (χ1n) is 5.82. The van der Waals surface area contributed by atoms with Crippen LogP contribution in [-0.2, 0) is 11.3 Å². The predicted octanol–water partition coefficient (Wildman–Crippen LogP) is 4.77. The minimum atomic E-state index is 0.266. The fourth-order valence-electron chi connectivity index (χ4n) is 1.42. The summed E-state index contributed by atoms with van der Waals surface area (Å²) >= 11 is 17.8. The Bertz CT molecular complexity index is 608. The molecule has 0 fully saturated rings. The maximum atomic E-state index is 6.03. The molecule has 20 heavy (non-hydrogen) atoms. The molecule has 2 aromatic rings. The molecule has 2 rings (SSSR count). The molecule has 0 saturated carbocycles. The SMILES string of the molecule is CCOCc1nc(Cl)cc(Oc2ccc(Cl)cc2Cl)n1. The standard InChI is InChI=1S/C13H11Cl3N2O2/c1-2-19-7-12-17-11(16)6-13(18-12)20-10-4-3-8(14)5-9(10)15/h3-6H,2,7H2,1H3. The minimum absolute atomic E-state index is 0.266. The van der Waals surface area contributed by atoms with Gasteiger partial charge in [0.15, 0.2) is 5.82 Å². The molecule has 0 unspecified atom stereocenters. The zero-order chi connectivity index (χ0) is 14.5. The van der Waals surface area contributed by atoms with Crippen LogP contribution in [0.2, 0.25) is 15.2 Å². The topological polar surface area (TPSA) is 44.2 Å². The van der Waals surface area contributed by atoms with Gasteiger partial charge < -0.3 is 9.47 Å². The quantitative estimate of drug-likeness (QED) is 0.740. The first-order valence-corrected chi connectivity index (χ1v) is 6.96. The van der Waals surface area contributed by atoms with E-state index in [1.165, 1.54) is 6.07 Å². The number of hydrogen-bond acceptors (Lipinski definition) is 4. The van der Waals surface area contributed by atoms with Crippen molar-refractivity contribution in [1.29, 1.82) is 0 Å². The van der Waals surface area contributed by atoms with Gasteiger partial charge in [-0.2, -0.15) is 4.98 Å². The number of halogens is 3. The smallest absolute Gasteiger partial charge is 0.224 e. The van der Waals surface area contributed by atoms with Gasteiger partial charge in [-0.25, -0.2) is 4.98 Å². The highest BCUT2D eigenvalue weighted by Crippen LogP contribution is 2.31. The Morgan fingerprint density at radius 2 is 1.90 bits per heavy atom. The molecular weight excluding hydrogens is 323 g/mol. The molecule has 7 heteroatoms. The van der Waals surface area contributed by atoms with E-state index >= 15 is 0 Å². The Morgan fingerprint density at radius 3 is 2.60 bits per heavy atom. The molecule has 0 spiro atoms. The second-order valence-electron chi connectivity index (χ2n) is 3.76. The molecule has 1 heterocycles. The number of benzene rings is 1. The molecule has 106 valence electrons. The van der Waals surface area contributed by atoms with E-state index < -0.39 is 0 Å². The van der Waals surface area contributed by atoms with Crippen molar-refractivity contribution in [1.82, 2.24) is 9.97 Å². The highest BCUT2D eigenvalue weighted by molar-refractivity contribution is 6.35. The van der Waals surface area contributed by atoms with Crippen LogP contribution in [0.4, 0.5) is 0 Å². The van der Waals surface area contributed by atoms with Crippen molar-refractivity contribution in [3.63, 3.8) is 0 Å². The molecule has 0 bridgehead atoms. The molecule has 0 aliphatic carbocycles. The van der Waals surface area contributed by atoms with Crippen molar-refractivity contribution in [2.75, 3.05) is 6.61 Å². The number of hydrogen-bond donors (Lipinski definition) is 0. The van der Waals surface area contributed by atoms with Crippen LogP contribution in [0.3, 0.4) is 0 Å². The van der Waals surface area contributed by atoms with Gasteiger partial charge in [-0.3, -0.25) is 0 Å². The lowest BCUT2D eigenvalue weighted by Crippen LogP contribution is -2.01. The Kier molecular flexibility index (Phi) is 5.43. The van der Waals surface area contributed by atoms with E-state index in [0.717, 1.165) is 0 Å². The highest BCUT2D eigenvalue weighted by atomic mass is 35.5. The minimum Gasteiger partial charge on any atom is -0.437 e. The van der Waals surface area contributed by atoms with Crippen LogP contribution >= 0.6 is 34.8 Å². The van der Waals surface area contributed by atoms with Crippen molar-refractivity contribution in [3.05, 3.63) is 45.3 Å². The van der Waals surface area contributed by atoms with E-state index in [2.05, 4.69) is 9.97 Å². The van der Waals surface area contributed by atoms with Crippen molar-refractivity contribution < 1.29 is 9.47 Å². The number of aromatic nitrogens is 2. The van der Waals surface area contributed by atoms with Crippen molar-refractivity contribution >= 4 is 34.8 Å². The molecule has 0 aliphatic rings. The molecule has 0 atom stereocenters. The summed E-state index contributed by atoms with van der Waals surface area (Å²) in [5.41, 5.74) is 0. The maximum Gasteiger partial charge on any atom is 0.224 e. The van der Waals surface area contributed by atoms with Crippen LogP contribution < -0.4 is 4.74 Å². The Morgan fingerprint density at radius 1 is 1.10 bits per heavy atom. The zero-order valence-corrected chi connectivity index (χ0v) is 12.8. The molecular formula is C13H11Cl3N2O2. The van der Waals surface area contributed by atoms with Gasteiger partial charge in [0, 0.05) is 17.7 Å². The van der Waals surface area contributed by atoms with Gasteiger partial charge in [0.2, 0.25) is 5.88 Å². The third-order valence-electron chi connectivity index (χ3n) is 2.26. The fraction of sp³-hybridized carbons (Fsp3) is 0.231. The van der Waals surface area contributed by atoms with Crippen LogP contribution in [0.5, 0.6) is 11.6 Å². The molecule has 1 aromatic heterocycles. The molecule has 0 radical (unpaired) electrons. The first-order chi connectivity index (χ1) is 9.58. The summed E-state index contributed by atoms with van der Waals surface area (Å²) in [6.07, 6.45) is 0. The van der Waals surface area contributed by atoms with Gasteiger partial charge in [0.05, 0.1) is 5.02 Å². The van der Waals surface area contributed by atoms with Crippen molar-refractivity contribution in [2.24, 2.45) is 0 Å². The van der Waals surface area contributed by atoms with Gasteiger partial charge in [-0.15, -0.1) is 0 Å². The van der Waals surface area contributed by atoms with E-state index in [1.54, 1.807) is 18.2 Å². The normalized spacial score (nSPS) is 10.6. The van der Waals surface area contributed by atoms with Crippen LogP contribution in [0, 0.1) is 0 Å². The Balaban J connectivity index is 2.21. The third kappa shape index (κ3) is 4.21. The molecule has 0 amide bonds. The summed E-state index contributed by atoms with van der Waals surface area (Å²) in [5.74, 6) is 1.18. The third-order valence-corrected chi connectivity index (χ3v) is 2.99. The van der Waals surface area contributed by atoms with Crippen molar-refractivity contribution in [2.45, 2.75) is 13.5 Å². The van der Waals surface area contributed by atoms with E-state index in [9.17, 15) is 0 Å². The molecule has 0 aliphatic heterocycles. The van der Waals surface area contributed by atoms with E-state index in [0.29, 0.717) is 34.1 Å². The van der Waals surface area contributed by atoms with Crippen LogP contribution in [0.25, 0.3) is 0 Å². The summed E-state index contributed by atoms with van der Waals surface area (Å²) in [6, 6.07) is 6.42. The van der Waals surface area contributed by atoms with Gasteiger partial charge >= 0.3 is 0 Å². The summed E-state index contributed by atoms with van der Waals surface area (Å²) in [7, 11) is 0. The van der Waals surface area contributed by atoms with Crippen LogP contribution in [-0.4, -0.2) is 16.6 Å². The maximum absolute atomic E-state index is 6.03. The lowest BCUT2D eigenvalue weighted by molar-refractivity contribution is 0.128. The van der Waals surface area contributed by atoms with Gasteiger partial charge in [-0.05, 0) is 25.1 Å². The highest BCUT2D eigenvalue weighted by Gasteiger charge is 2.08. The second kappa shape index (κ2) is 7.09. The van der Waals surface area contributed by atoms with Crippen LogP contribution in [0.1, 0.15) is 12.7 Å². The van der Waals surface area contributed by atoms with E-state index in [1.807, 2.05) is 6.92 Å². The Hall–Kier alpha value is -1.07. The van der Waals surface area contributed by atoms with Crippen molar-refractivity contribution in [3.8, 4) is 11.6 Å². The van der Waals surface area contributed by atoms with E-state index in [4.69, 9.17) is 44.3 Å². The summed E-state index contributed by atoms with van der Waals surface area (Å²) in [6.45, 7) is 2.71. The first kappa shape index (κ1) is 15.3. The zero-order valence-electron chi connectivity index (χ0n) is 10.6. The molecule has 0 saturated heterocycles. The van der Waals surface area contributed by atoms with Gasteiger partial charge in [0.25, 0.3) is 0 Å². The summed E-state index contributed by atoms with van der Waals surface area (Å²) in [5, 5.41) is 1.19.